The van der Waals surface area contributed by atoms with Gasteiger partial charge in [0.1, 0.15) is 5.60 Å². The lowest BCUT2D eigenvalue weighted by Crippen LogP contribution is -2.27. The summed E-state index contributed by atoms with van der Waals surface area (Å²) in [7, 11) is 0. The van der Waals surface area contributed by atoms with Gasteiger partial charge in [-0.3, -0.25) is 4.79 Å². The van der Waals surface area contributed by atoms with Crippen LogP contribution < -0.4 is 5.32 Å². The molecular weight excluding hydrogens is 398 g/mol. The van der Waals surface area contributed by atoms with Crippen LogP contribution in [0.2, 0.25) is 0 Å². The molecule has 1 aliphatic rings. The van der Waals surface area contributed by atoms with Crippen LogP contribution in [0.3, 0.4) is 0 Å². The molecular formula is C20H32BrNO2S. The van der Waals surface area contributed by atoms with Crippen LogP contribution in [0.5, 0.6) is 0 Å². The van der Waals surface area contributed by atoms with E-state index in [1.807, 2.05) is 20.8 Å². The number of rotatable bonds is 7. The third kappa shape index (κ3) is 9.66. The van der Waals surface area contributed by atoms with Gasteiger partial charge in [0, 0.05) is 15.8 Å². The summed E-state index contributed by atoms with van der Waals surface area (Å²) in [5.74, 6) is 1.27. The number of hydrogen-bond donors (Lipinski definition) is 1. The summed E-state index contributed by atoms with van der Waals surface area (Å²) in [6.07, 6.45) is 5.26. The Bertz CT molecular complexity index is 481. The summed E-state index contributed by atoms with van der Waals surface area (Å²) >= 11 is 5.64. The molecule has 0 aromatic heterocycles. The van der Waals surface area contributed by atoms with Gasteiger partial charge in [0.2, 0.25) is 0 Å². The van der Waals surface area contributed by atoms with Gasteiger partial charge >= 0.3 is 0 Å². The van der Waals surface area contributed by atoms with Gasteiger partial charge in [0.25, 0.3) is 6.47 Å². The van der Waals surface area contributed by atoms with Crippen LogP contribution in [-0.2, 0) is 9.53 Å². The minimum absolute atomic E-state index is 0.318. The fourth-order valence-corrected chi connectivity index (χ4v) is 4.35. The van der Waals surface area contributed by atoms with E-state index in [0.717, 1.165) is 0 Å². The SMILES string of the molecule is CC(C)(C)OC=O.CCCCSC(c1ccc(Br)cc1)[C@@H]1CCCN1. The van der Waals surface area contributed by atoms with Crippen LogP contribution in [0.1, 0.15) is 64.2 Å². The molecule has 1 unspecified atom stereocenters. The molecule has 3 nitrogen and oxygen atoms in total. The molecule has 1 fully saturated rings. The van der Waals surface area contributed by atoms with Gasteiger partial charge in [-0.15, -0.1) is 0 Å². The minimum atomic E-state index is -0.318. The first-order valence-electron chi connectivity index (χ1n) is 9.09. The van der Waals surface area contributed by atoms with Gasteiger partial charge in [-0.05, 0) is 70.0 Å². The molecule has 142 valence electrons. The van der Waals surface area contributed by atoms with E-state index in [1.165, 1.54) is 48.0 Å². The predicted octanol–water partition coefficient (Wildman–Crippen LogP) is 5.73. The third-order valence-electron chi connectivity index (χ3n) is 3.86. The number of thioether (sulfide) groups is 1. The molecule has 2 atom stereocenters. The van der Waals surface area contributed by atoms with Gasteiger partial charge in [-0.2, -0.15) is 11.8 Å². The second-order valence-corrected chi connectivity index (χ2v) is 9.39. The van der Waals surface area contributed by atoms with Crippen molar-refractivity contribution in [2.75, 3.05) is 12.3 Å². The highest BCUT2D eigenvalue weighted by molar-refractivity contribution is 9.10. The number of benzene rings is 1. The first-order valence-corrected chi connectivity index (χ1v) is 10.9. The average molecular weight is 430 g/mol. The minimum Gasteiger partial charge on any atom is -0.462 e. The smallest absolute Gasteiger partial charge is 0.293 e. The van der Waals surface area contributed by atoms with Crippen molar-refractivity contribution in [1.82, 2.24) is 5.32 Å². The van der Waals surface area contributed by atoms with Crippen molar-refractivity contribution in [3.8, 4) is 0 Å². The molecule has 1 heterocycles. The van der Waals surface area contributed by atoms with E-state index < -0.39 is 0 Å². The fraction of sp³-hybridized carbons (Fsp3) is 0.650. The van der Waals surface area contributed by atoms with Crippen molar-refractivity contribution < 1.29 is 9.53 Å². The lowest BCUT2D eigenvalue weighted by Gasteiger charge is -2.24. The first kappa shape index (κ1) is 22.5. The molecule has 2 rings (SSSR count). The average Bonchev–Trinajstić information content (AvgIpc) is 3.06. The zero-order valence-corrected chi connectivity index (χ0v) is 18.3. The lowest BCUT2D eigenvalue weighted by atomic mass is 10.0. The quantitative estimate of drug-likeness (QED) is 0.443. The Morgan fingerprint density at radius 2 is 2.04 bits per heavy atom. The topological polar surface area (TPSA) is 38.3 Å². The maximum absolute atomic E-state index is 9.60. The molecule has 0 aliphatic carbocycles. The molecule has 0 spiro atoms. The van der Waals surface area contributed by atoms with Crippen LogP contribution >= 0.6 is 27.7 Å². The second kappa shape index (κ2) is 12.0. The Kier molecular flexibility index (Phi) is 10.8. The molecule has 5 heteroatoms. The Morgan fingerprint density at radius 1 is 1.36 bits per heavy atom. The van der Waals surface area contributed by atoms with Gasteiger partial charge in [-0.1, -0.05) is 41.4 Å². The van der Waals surface area contributed by atoms with Crippen LogP contribution in [0.15, 0.2) is 28.7 Å². The van der Waals surface area contributed by atoms with E-state index in [1.54, 1.807) is 0 Å². The summed E-state index contributed by atoms with van der Waals surface area (Å²) in [6.45, 7) is 9.37. The molecule has 1 saturated heterocycles. The van der Waals surface area contributed by atoms with Crippen molar-refractivity contribution in [2.45, 2.75) is 70.3 Å². The Labute approximate surface area is 165 Å². The number of hydrogen-bond acceptors (Lipinski definition) is 4. The van der Waals surface area contributed by atoms with E-state index in [0.29, 0.717) is 17.8 Å². The molecule has 0 radical (unpaired) electrons. The number of halogens is 1. The van der Waals surface area contributed by atoms with Crippen molar-refractivity contribution in [3.63, 3.8) is 0 Å². The van der Waals surface area contributed by atoms with E-state index in [4.69, 9.17) is 0 Å². The van der Waals surface area contributed by atoms with E-state index in [9.17, 15) is 4.79 Å². The van der Waals surface area contributed by atoms with E-state index in [-0.39, 0.29) is 5.60 Å². The zero-order chi connectivity index (χ0) is 18.7. The Morgan fingerprint density at radius 3 is 2.48 bits per heavy atom. The van der Waals surface area contributed by atoms with Crippen LogP contribution in [0, 0.1) is 0 Å². The van der Waals surface area contributed by atoms with Crippen LogP contribution in [0.25, 0.3) is 0 Å². The van der Waals surface area contributed by atoms with E-state index >= 15 is 0 Å². The van der Waals surface area contributed by atoms with E-state index in [2.05, 4.69) is 68.9 Å². The van der Waals surface area contributed by atoms with Gasteiger partial charge < -0.3 is 10.1 Å². The standard InChI is InChI=1S/C15H22BrNS.C5H10O2/c1-2-3-11-18-15(14-5-4-10-17-14)12-6-8-13(16)9-7-12;1-5(2,3)7-4-6/h6-9,14-15,17H,2-5,10-11H2,1H3;4H,1-3H3/t14-,15?;/m0./s1. The van der Waals surface area contributed by atoms with Crippen molar-refractivity contribution in [3.05, 3.63) is 34.3 Å². The molecule has 0 saturated carbocycles. The highest BCUT2D eigenvalue weighted by atomic mass is 79.9. The zero-order valence-electron chi connectivity index (χ0n) is 15.9. The lowest BCUT2D eigenvalue weighted by molar-refractivity contribution is -0.138. The van der Waals surface area contributed by atoms with Crippen LogP contribution in [-0.4, -0.2) is 30.4 Å². The van der Waals surface area contributed by atoms with Crippen molar-refractivity contribution >= 4 is 34.2 Å². The summed E-state index contributed by atoms with van der Waals surface area (Å²) in [5.41, 5.74) is 1.15. The number of ether oxygens (including phenoxy) is 1. The molecule has 25 heavy (non-hydrogen) atoms. The fourth-order valence-electron chi connectivity index (χ4n) is 2.57. The van der Waals surface area contributed by atoms with Crippen LogP contribution in [0.4, 0.5) is 0 Å². The molecule has 1 aliphatic heterocycles. The normalized spacial score (nSPS) is 18.2. The molecule has 1 aromatic carbocycles. The monoisotopic (exact) mass is 429 g/mol. The maximum atomic E-state index is 9.60. The summed E-state index contributed by atoms with van der Waals surface area (Å²) in [4.78, 5) is 9.60. The van der Waals surface area contributed by atoms with Gasteiger partial charge in [-0.25, -0.2) is 0 Å². The van der Waals surface area contributed by atoms with Crippen molar-refractivity contribution in [2.24, 2.45) is 0 Å². The highest BCUT2D eigenvalue weighted by Gasteiger charge is 2.26. The highest BCUT2D eigenvalue weighted by Crippen LogP contribution is 2.36. The largest absolute Gasteiger partial charge is 0.462 e. The van der Waals surface area contributed by atoms with Crippen molar-refractivity contribution in [1.29, 1.82) is 0 Å². The molecule has 0 bridgehead atoms. The Balaban J connectivity index is 0.000000381. The summed E-state index contributed by atoms with van der Waals surface area (Å²) < 4.78 is 5.72. The number of carbonyl (C=O) groups excluding carboxylic acids is 1. The first-order chi connectivity index (χ1) is 11.9. The number of unbranched alkanes of at least 4 members (excludes halogenated alkanes) is 1. The number of nitrogens with one attached hydrogen (secondary N) is 1. The molecule has 1 aromatic rings. The number of carbonyl (C=O) groups is 1. The molecule has 0 amide bonds. The van der Waals surface area contributed by atoms with Gasteiger partial charge in [0.05, 0.1) is 0 Å². The van der Waals surface area contributed by atoms with Gasteiger partial charge in [0.15, 0.2) is 0 Å². The second-order valence-electron chi connectivity index (χ2n) is 7.23. The molecule has 1 N–H and O–H groups in total. The summed E-state index contributed by atoms with van der Waals surface area (Å²) in [6, 6.07) is 9.53. The Hall–Kier alpha value is -0.520. The maximum Gasteiger partial charge on any atom is 0.293 e. The third-order valence-corrected chi connectivity index (χ3v) is 5.87. The summed E-state index contributed by atoms with van der Waals surface area (Å²) in [5, 5.41) is 4.28. The predicted molar refractivity (Wildman–Crippen MR) is 112 cm³/mol.